The Kier molecular flexibility index (Phi) is 5.69. The number of benzene rings is 1. The van der Waals surface area contributed by atoms with E-state index >= 15 is 0 Å². The molecular formula is C20H23N3O4. The summed E-state index contributed by atoms with van der Waals surface area (Å²) in [6.07, 6.45) is 3.42. The highest BCUT2D eigenvalue weighted by Crippen LogP contribution is 2.23. The van der Waals surface area contributed by atoms with Gasteiger partial charge in [0.15, 0.2) is 11.6 Å². The molecule has 0 saturated carbocycles. The number of fused-ring (bicyclic) bond motifs is 1. The topological polar surface area (TPSA) is 92.5 Å². The number of nitrogens with zero attached hydrogens (tertiary/aromatic N) is 2. The third kappa shape index (κ3) is 4.81. The molecule has 3 rings (SSSR count). The van der Waals surface area contributed by atoms with E-state index in [2.05, 4.69) is 10.5 Å². The van der Waals surface area contributed by atoms with Gasteiger partial charge in [0.05, 0.1) is 6.54 Å². The number of nitrogens with one attached hydrogen (secondary N) is 1. The Hall–Kier alpha value is -2.96. The van der Waals surface area contributed by atoms with Crippen molar-refractivity contribution in [2.45, 2.75) is 39.0 Å². The Morgan fingerprint density at radius 1 is 1.15 bits per heavy atom. The van der Waals surface area contributed by atoms with Gasteiger partial charge in [0.1, 0.15) is 5.76 Å². The van der Waals surface area contributed by atoms with Gasteiger partial charge in [-0.25, -0.2) is 0 Å². The van der Waals surface area contributed by atoms with E-state index in [1.54, 1.807) is 13.0 Å². The van der Waals surface area contributed by atoms with Crippen molar-refractivity contribution >= 4 is 23.4 Å². The molecule has 1 N–H and O–H groups in total. The number of hydrogen-bond acceptors (Lipinski definition) is 5. The monoisotopic (exact) mass is 369 g/mol. The molecule has 1 aliphatic rings. The highest BCUT2D eigenvalue weighted by Gasteiger charge is 2.18. The summed E-state index contributed by atoms with van der Waals surface area (Å²) in [5.41, 5.74) is 3.21. The van der Waals surface area contributed by atoms with Gasteiger partial charge in [0.2, 0.25) is 11.8 Å². The van der Waals surface area contributed by atoms with Gasteiger partial charge in [-0.2, -0.15) is 0 Å². The van der Waals surface area contributed by atoms with Crippen molar-refractivity contribution in [2.75, 3.05) is 18.9 Å². The molecule has 27 heavy (non-hydrogen) atoms. The largest absolute Gasteiger partial charge is 0.360 e. The number of aromatic nitrogens is 1. The van der Waals surface area contributed by atoms with E-state index in [1.165, 1.54) is 23.1 Å². The molecule has 1 aliphatic carbocycles. The zero-order chi connectivity index (χ0) is 19.4. The quantitative estimate of drug-likeness (QED) is 0.757. The summed E-state index contributed by atoms with van der Waals surface area (Å²) < 4.78 is 4.87. The minimum Gasteiger partial charge on any atom is -0.360 e. The lowest BCUT2D eigenvalue weighted by atomic mass is 10.0. The summed E-state index contributed by atoms with van der Waals surface area (Å²) in [5, 5.41) is 6.23. The van der Waals surface area contributed by atoms with E-state index in [-0.39, 0.29) is 37.0 Å². The molecule has 0 radical (unpaired) electrons. The minimum absolute atomic E-state index is 0.0472. The SMILES string of the molecule is Cc1cc(NC(=O)CN(C)C(=O)CCC(=O)c2ccc3c(c2)CCC3)no1. The van der Waals surface area contributed by atoms with Gasteiger partial charge in [-0.3, -0.25) is 14.4 Å². The maximum atomic E-state index is 12.4. The molecule has 0 unspecified atom stereocenters. The fraction of sp³-hybridized carbons (Fsp3) is 0.400. The van der Waals surface area contributed by atoms with Crippen molar-refractivity contribution < 1.29 is 18.9 Å². The number of carbonyl (C=O) groups excluding carboxylic acids is 3. The average molecular weight is 369 g/mol. The van der Waals surface area contributed by atoms with Crippen molar-refractivity contribution in [2.24, 2.45) is 0 Å². The van der Waals surface area contributed by atoms with Crippen LogP contribution in [0.3, 0.4) is 0 Å². The van der Waals surface area contributed by atoms with Crippen LogP contribution in [0.15, 0.2) is 28.8 Å². The van der Waals surface area contributed by atoms with Crippen LogP contribution in [0.4, 0.5) is 5.82 Å². The number of ketones is 1. The Balaban J connectivity index is 1.46. The standard InChI is InChI=1S/C20H23N3O4/c1-13-10-18(22-27-13)21-19(25)12-23(2)20(26)9-8-17(24)16-7-6-14-4-3-5-15(14)11-16/h6-7,10-11H,3-5,8-9,12H2,1-2H3,(H,21,22,25). The first kappa shape index (κ1) is 18.8. The number of aryl methyl sites for hydroxylation is 3. The highest BCUT2D eigenvalue weighted by atomic mass is 16.5. The Bertz CT molecular complexity index is 872. The lowest BCUT2D eigenvalue weighted by Crippen LogP contribution is -2.35. The molecule has 1 aromatic carbocycles. The van der Waals surface area contributed by atoms with Crippen molar-refractivity contribution in [3.8, 4) is 0 Å². The molecule has 7 nitrogen and oxygen atoms in total. The molecule has 0 spiro atoms. The van der Waals surface area contributed by atoms with Gasteiger partial charge in [-0.15, -0.1) is 0 Å². The average Bonchev–Trinajstić information content (AvgIpc) is 3.26. The molecule has 0 bridgehead atoms. The number of anilines is 1. The van der Waals surface area contributed by atoms with Crippen LogP contribution in [-0.4, -0.2) is 41.2 Å². The van der Waals surface area contributed by atoms with E-state index in [0.717, 1.165) is 19.3 Å². The number of Topliss-reactive ketones (excluding diaryl/α,β-unsaturated/α-hetero) is 1. The number of amides is 2. The van der Waals surface area contributed by atoms with E-state index in [0.29, 0.717) is 17.1 Å². The molecule has 2 aromatic rings. The van der Waals surface area contributed by atoms with Crippen molar-refractivity contribution in [3.05, 3.63) is 46.7 Å². The zero-order valence-corrected chi connectivity index (χ0v) is 15.6. The summed E-state index contributed by atoms with van der Waals surface area (Å²) in [5.74, 6) is 0.221. The molecule has 0 aliphatic heterocycles. The summed E-state index contributed by atoms with van der Waals surface area (Å²) >= 11 is 0. The molecule has 1 heterocycles. The summed E-state index contributed by atoms with van der Waals surface area (Å²) in [6.45, 7) is 1.61. The second kappa shape index (κ2) is 8.16. The minimum atomic E-state index is -0.371. The normalized spacial score (nSPS) is 12.5. The van der Waals surface area contributed by atoms with E-state index in [4.69, 9.17) is 4.52 Å². The van der Waals surface area contributed by atoms with Crippen LogP contribution in [0.2, 0.25) is 0 Å². The van der Waals surface area contributed by atoms with Crippen molar-refractivity contribution in [1.82, 2.24) is 10.1 Å². The first-order valence-electron chi connectivity index (χ1n) is 9.04. The second-order valence-corrected chi connectivity index (χ2v) is 6.88. The van der Waals surface area contributed by atoms with Gasteiger partial charge in [-0.1, -0.05) is 17.3 Å². The Labute approximate surface area is 157 Å². The van der Waals surface area contributed by atoms with Crippen LogP contribution in [0, 0.1) is 6.92 Å². The predicted molar refractivity (Wildman–Crippen MR) is 99.5 cm³/mol. The molecule has 142 valence electrons. The summed E-state index contributed by atoms with van der Waals surface area (Å²) in [4.78, 5) is 37.8. The van der Waals surface area contributed by atoms with Crippen LogP contribution >= 0.6 is 0 Å². The second-order valence-electron chi connectivity index (χ2n) is 6.88. The van der Waals surface area contributed by atoms with Crippen LogP contribution in [0.1, 0.15) is 46.5 Å². The predicted octanol–water partition coefficient (Wildman–Crippen LogP) is 2.53. The van der Waals surface area contributed by atoms with Crippen LogP contribution in [-0.2, 0) is 22.4 Å². The third-order valence-corrected chi connectivity index (χ3v) is 4.69. The Morgan fingerprint density at radius 2 is 1.93 bits per heavy atom. The van der Waals surface area contributed by atoms with Crippen LogP contribution in [0.5, 0.6) is 0 Å². The summed E-state index contributed by atoms with van der Waals surface area (Å²) in [7, 11) is 1.54. The first-order chi connectivity index (χ1) is 12.9. The van der Waals surface area contributed by atoms with Crippen molar-refractivity contribution in [3.63, 3.8) is 0 Å². The zero-order valence-electron chi connectivity index (χ0n) is 15.6. The third-order valence-electron chi connectivity index (χ3n) is 4.69. The summed E-state index contributed by atoms with van der Waals surface area (Å²) in [6, 6.07) is 7.40. The van der Waals surface area contributed by atoms with E-state index in [9.17, 15) is 14.4 Å². The molecule has 0 fully saturated rings. The molecule has 0 saturated heterocycles. The van der Waals surface area contributed by atoms with Crippen LogP contribution in [0.25, 0.3) is 0 Å². The Morgan fingerprint density at radius 3 is 2.67 bits per heavy atom. The molecule has 7 heteroatoms. The van der Waals surface area contributed by atoms with E-state index < -0.39 is 0 Å². The number of hydrogen-bond donors (Lipinski definition) is 1. The van der Waals surface area contributed by atoms with Crippen LogP contribution < -0.4 is 5.32 Å². The van der Waals surface area contributed by atoms with E-state index in [1.807, 2.05) is 18.2 Å². The van der Waals surface area contributed by atoms with Gasteiger partial charge in [-0.05, 0) is 43.4 Å². The van der Waals surface area contributed by atoms with Gasteiger partial charge < -0.3 is 14.7 Å². The fourth-order valence-electron chi connectivity index (χ4n) is 3.21. The molecule has 1 aromatic heterocycles. The van der Waals surface area contributed by atoms with Gasteiger partial charge in [0, 0.05) is 31.5 Å². The van der Waals surface area contributed by atoms with Gasteiger partial charge >= 0.3 is 0 Å². The molecule has 2 amide bonds. The fourth-order valence-corrected chi connectivity index (χ4v) is 3.21. The molecular weight excluding hydrogens is 346 g/mol. The maximum absolute atomic E-state index is 12.4. The number of likely N-dealkylation sites (N-methyl/N-ethyl adjacent to an activating group) is 1. The maximum Gasteiger partial charge on any atom is 0.245 e. The smallest absolute Gasteiger partial charge is 0.245 e. The number of carbonyl (C=O) groups is 3. The lowest BCUT2D eigenvalue weighted by Gasteiger charge is -2.16. The lowest BCUT2D eigenvalue weighted by molar-refractivity contribution is -0.133. The first-order valence-corrected chi connectivity index (χ1v) is 9.04. The molecule has 0 atom stereocenters. The highest BCUT2D eigenvalue weighted by molar-refractivity contribution is 5.99. The van der Waals surface area contributed by atoms with Gasteiger partial charge in [0.25, 0.3) is 0 Å². The number of rotatable bonds is 7. The van der Waals surface area contributed by atoms with Crippen molar-refractivity contribution in [1.29, 1.82) is 0 Å².